The zero-order valence-electron chi connectivity index (χ0n) is 11.5. The van der Waals surface area contributed by atoms with Crippen LogP contribution < -0.4 is 4.74 Å². The van der Waals surface area contributed by atoms with Crippen molar-refractivity contribution >= 4 is 11.6 Å². The molecule has 0 bridgehead atoms. The fraction of sp³-hybridized carbons (Fsp3) is 0.357. The van der Waals surface area contributed by atoms with Gasteiger partial charge in [0.15, 0.2) is 0 Å². The molecule has 1 N–H and O–H groups in total. The van der Waals surface area contributed by atoms with Crippen LogP contribution in [0.1, 0.15) is 30.0 Å². The van der Waals surface area contributed by atoms with Crippen LogP contribution in [0.3, 0.4) is 0 Å². The fourth-order valence-electron chi connectivity index (χ4n) is 1.96. The van der Waals surface area contributed by atoms with E-state index in [0.717, 1.165) is 0 Å². The van der Waals surface area contributed by atoms with Crippen LogP contribution in [0.5, 0.6) is 5.75 Å². The third-order valence-corrected chi connectivity index (χ3v) is 3.54. The molecule has 4 nitrogen and oxygen atoms in total. The van der Waals surface area contributed by atoms with Crippen molar-refractivity contribution in [2.24, 2.45) is 7.05 Å². The summed E-state index contributed by atoms with van der Waals surface area (Å²) in [6, 6.07) is 4.04. The molecule has 0 saturated heterocycles. The van der Waals surface area contributed by atoms with E-state index in [4.69, 9.17) is 16.3 Å². The van der Waals surface area contributed by atoms with Gasteiger partial charge < -0.3 is 9.84 Å². The number of hydrogen-bond donors (Lipinski definition) is 1. The number of aliphatic hydroxyl groups is 1. The maximum absolute atomic E-state index is 13.3. The van der Waals surface area contributed by atoms with Gasteiger partial charge in [0.1, 0.15) is 18.2 Å². The number of rotatable bonds is 4. The highest BCUT2D eigenvalue weighted by Crippen LogP contribution is 2.28. The summed E-state index contributed by atoms with van der Waals surface area (Å²) in [5.74, 6) is -0.119. The second-order valence-corrected chi connectivity index (χ2v) is 4.99. The molecule has 0 fully saturated rings. The molecule has 1 atom stereocenters. The lowest BCUT2D eigenvalue weighted by molar-refractivity contribution is 0.189. The number of aryl methyl sites for hydroxylation is 2. The van der Waals surface area contributed by atoms with Crippen molar-refractivity contribution in [1.82, 2.24) is 9.78 Å². The Morgan fingerprint density at radius 3 is 2.75 bits per heavy atom. The summed E-state index contributed by atoms with van der Waals surface area (Å²) in [5, 5.41) is 14.4. The lowest BCUT2D eigenvalue weighted by Crippen LogP contribution is -2.06. The van der Waals surface area contributed by atoms with Gasteiger partial charge >= 0.3 is 0 Å². The van der Waals surface area contributed by atoms with Crippen molar-refractivity contribution in [2.75, 3.05) is 0 Å². The average Bonchev–Trinajstić information content (AvgIpc) is 2.61. The first-order valence-corrected chi connectivity index (χ1v) is 6.56. The van der Waals surface area contributed by atoms with Crippen LogP contribution in [0.25, 0.3) is 0 Å². The van der Waals surface area contributed by atoms with Gasteiger partial charge in [0.2, 0.25) is 0 Å². The van der Waals surface area contributed by atoms with Crippen molar-refractivity contribution in [3.63, 3.8) is 0 Å². The normalized spacial score (nSPS) is 12.5. The Labute approximate surface area is 121 Å². The summed E-state index contributed by atoms with van der Waals surface area (Å²) < 4.78 is 20.5. The number of aromatic nitrogens is 2. The monoisotopic (exact) mass is 298 g/mol. The van der Waals surface area contributed by atoms with E-state index in [1.54, 1.807) is 25.6 Å². The third-order valence-electron chi connectivity index (χ3n) is 3.05. The van der Waals surface area contributed by atoms with Crippen LogP contribution in [0.15, 0.2) is 18.2 Å². The minimum absolute atomic E-state index is 0.152. The quantitative estimate of drug-likeness (QED) is 0.943. The van der Waals surface area contributed by atoms with E-state index >= 15 is 0 Å². The molecule has 0 spiro atoms. The van der Waals surface area contributed by atoms with Crippen LogP contribution in [-0.4, -0.2) is 14.9 Å². The Hall–Kier alpha value is -1.59. The number of benzene rings is 1. The summed E-state index contributed by atoms with van der Waals surface area (Å²) in [6.45, 7) is 3.55. The minimum atomic E-state index is -0.741. The summed E-state index contributed by atoms with van der Waals surface area (Å²) in [6.07, 6.45) is -0.741. The molecule has 1 heterocycles. The molecule has 108 valence electrons. The second kappa shape index (κ2) is 5.81. The molecule has 6 heteroatoms. The minimum Gasteiger partial charge on any atom is -0.487 e. The van der Waals surface area contributed by atoms with Crippen molar-refractivity contribution in [2.45, 2.75) is 26.6 Å². The highest BCUT2D eigenvalue weighted by Gasteiger charge is 2.14. The Morgan fingerprint density at radius 2 is 2.20 bits per heavy atom. The molecule has 2 rings (SSSR count). The highest BCUT2D eigenvalue weighted by atomic mass is 35.5. The second-order valence-electron chi connectivity index (χ2n) is 4.62. The lowest BCUT2D eigenvalue weighted by atomic mass is 10.1. The number of halogens is 2. The summed E-state index contributed by atoms with van der Waals surface area (Å²) in [7, 11) is 1.76. The van der Waals surface area contributed by atoms with E-state index in [9.17, 15) is 9.50 Å². The molecule has 0 saturated carbocycles. The number of hydrogen-bond acceptors (Lipinski definition) is 3. The smallest absolute Gasteiger partial charge is 0.131 e. The summed E-state index contributed by atoms with van der Waals surface area (Å²) in [5.41, 5.74) is 1.94. The van der Waals surface area contributed by atoms with Crippen molar-refractivity contribution in [3.05, 3.63) is 46.0 Å². The van der Waals surface area contributed by atoms with E-state index in [0.29, 0.717) is 27.7 Å². The topological polar surface area (TPSA) is 47.3 Å². The molecule has 0 aliphatic rings. The van der Waals surface area contributed by atoms with Gasteiger partial charge in [0, 0.05) is 18.7 Å². The predicted molar refractivity (Wildman–Crippen MR) is 74.3 cm³/mol. The Morgan fingerprint density at radius 1 is 1.50 bits per heavy atom. The van der Waals surface area contributed by atoms with Crippen LogP contribution >= 0.6 is 11.6 Å². The number of nitrogens with zero attached hydrogens (tertiary/aromatic N) is 2. The van der Waals surface area contributed by atoms with E-state index in [1.165, 1.54) is 18.2 Å². The largest absolute Gasteiger partial charge is 0.487 e. The van der Waals surface area contributed by atoms with Gasteiger partial charge in [0.05, 0.1) is 22.5 Å². The lowest BCUT2D eigenvalue weighted by Gasteiger charge is -2.13. The van der Waals surface area contributed by atoms with Gasteiger partial charge in [-0.05, 0) is 26.0 Å². The van der Waals surface area contributed by atoms with Gasteiger partial charge in [-0.2, -0.15) is 5.10 Å². The van der Waals surface area contributed by atoms with Crippen LogP contribution in [0, 0.1) is 12.7 Å². The fourth-order valence-corrected chi connectivity index (χ4v) is 2.18. The molecule has 0 aliphatic heterocycles. The zero-order valence-corrected chi connectivity index (χ0v) is 12.3. The number of ether oxygens (including phenoxy) is 1. The van der Waals surface area contributed by atoms with Gasteiger partial charge in [-0.15, -0.1) is 0 Å². The molecule has 0 amide bonds. The molecule has 20 heavy (non-hydrogen) atoms. The van der Waals surface area contributed by atoms with Gasteiger partial charge in [-0.1, -0.05) is 11.6 Å². The Balaban J connectivity index is 2.24. The van der Waals surface area contributed by atoms with E-state index in [1.807, 2.05) is 0 Å². The van der Waals surface area contributed by atoms with Crippen molar-refractivity contribution in [3.8, 4) is 5.75 Å². The van der Waals surface area contributed by atoms with Crippen LogP contribution in [0.2, 0.25) is 5.02 Å². The molecule has 0 aliphatic carbocycles. The molecule has 0 radical (unpaired) electrons. The van der Waals surface area contributed by atoms with E-state index in [-0.39, 0.29) is 6.61 Å². The predicted octanol–water partition coefficient (Wildman–Crippen LogP) is 3.15. The van der Waals surface area contributed by atoms with Crippen molar-refractivity contribution in [1.29, 1.82) is 0 Å². The molecule has 1 aromatic carbocycles. The first kappa shape index (κ1) is 14.8. The van der Waals surface area contributed by atoms with Gasteiger partial charge in [0.25, 0.3) is 0 Å². The number of aliphatic hydroxyl groups excluding tert-OH is 1. The molecular formula is C14H16ClFN2O2. The zero-order chi connectivity index (χ0) is 14.9. The summed E-state index contributed by atoms with van der Waals surface area (Å²) in [4.78, 5) is 0. The Kier molecular flexibility index (Phi) is 4.30. The molecule has 2 aromatic rings. The average molecular weight is 299 g/mol. The molecule has 0 unspecified atom stereocenters. The van der Waals surface area contributed by atoms with Gasteiger partial charge in [-0.3, -0.25) is 4.68 Å². The third kappa shape index (κ3) is 2.94. The highest BCUT2D eigenvalue weighted by molar-refractivity contribution is 6.31. The maximum Gasteiger partial charge on any atom is 0.131 e. The van der Waals surface area contributed by atoms with Gasteiger partial charge in [-0.25, -0.2) is 4.39 Å². The standard InChI is InChI=1S/C14H16ClFN2O2/c1-8-14(15)12(18(3)17-8)7-20-13-6-10(16)4-5-11(13)9(2)19/h4-6,9,19H,7H2,1-3H3/t9-/m1/s1. The first-order valence-electron chi connectivity index (χ1n) is 6.18. The van der Waals surface area contributed by atoms with E-state index < -0.39 is 11.9 Å². The molecule has 1 aromatic heterocycles. The summed E-state index contributed by atoms with van der Waals surface area (Å²) >= 11 is 6.13. The SMILES string of the molecule is Cc1nn(C)c(COc2cc(F)ccc2[C@@H](C)O)c1Cl. The first-order chi connectivity index (χ1) is 9.40. The maximum atomic E-state index is 13.3. The van der Waals surface area contributed by atoms with Crippen molar-refractivity contribution < 1.29 is 14.2 Å². The van der Waals surface area contributed by atoms with Crippen LogP contribution in [0.4, 0.5) is 4.39 Å². The van der Waals surface area contributed by atoms with E-state index in [2.05, 4.69) is 5.10 Å². The molecular weight excluding hydrogens is 283 g/mol. The Bertz CT molecular complexity index is 626. The van der Waals surface area contributed by atoms with Crippen LogP contribution in [-0.2, 0) is 13.7 Å².